The van der Waals surface area contributed by atoms with Gasteiger partial charge in [-0.3, -0.25) is 4.90 Å². The lowest BCUT2D eigenvalue weighted by Crippen LogP contribution is -2.43. The molecule has 1 saturated heterocycles. The van der Waals surface area contributed by atoms with E-state index in [2.05, 4.69) is 38.0 Å². The number of hydrogen-bond acceptors (Lipinski definition) is 3. The molecule has 2 aliphatic rings. The molecule has 20 heavy (non-hydrogen) atoms. The Balaban J connectivity index is 1.85. The van der Waals surface area contributed by atoms with Gasteiger partial charge in [-0.2, -0.15) is 0 Å². The number of carbonyl (C=O) groups excluding carboxylic acids is 1. The number of hydrogen-bond donors (Lipinski definition) is 1. The second-order valence-corrected chi connectivity index (χ2v) is 7.15. The minimum Gasteiger partial charge on any atom is -0.444 e. The van der Waals surface area contributed by atoms with Crippen LogP contribution in [0.4, 0.5) is 4.79 Å². The number of H-pyrrole nitrogens is 1. The van der Waals surface area contributed by atoms with E-state index in [1.165, 1.54) is 0 Å². The lowest BCUT2D eigenvalue weighted by Gasteiger charge is -2.33. The van der Waals surface area contributed by atoms with E-state index in [0.717, 1.165) is 16.8 Å². The first-order chi connectivity index (χ1) is 9.35. The molecular formula is C14H18BrN3O2. The first-order valence-electron chi connectivity index (χ1n) is 6.75. The number of nitrogens with zero attached hydrogens (tertiary/aromatic N) is 2. The van der Waals surface area contributed by atoms with Crippen LogP contribution in [0.25, 0.3) is 0 Å². The van der Waals surface area contributed by atoms with E-state index in [1.807, 2.05) is 20.8 Å². The van der Waals surface area contributed by atoms with Crippen molar-refractivity contribution in [3.05, 3.63) is 28.8 Å². The van der Waals surface area contributed by atoms with Crippen molar-refractivity contribution in [1.29, 1.82) is 0 Å². The highest BCUT2D eigenvalue weighted by Gasteiger charge is 2.48. The number of fused-ring (bicyclic) bond motifs is 1. The van der Waals surface area contributed by atoms with E-state index in [-0.39, 0.29) is 18.2 Å². The lowest BCUT2D eigenvalue weighted by atomic mass is 9.89. The van der Waals surface area contributed by atoms with E-state index in [1.54, 1.807) is 11.1 Å². The number of carbonyl (C=O) groups is 1. The Morgan fingerprint density at radius 1 is 1.50 bits per heavy atom. The maximum absolute atomic E-state index is 12.5. The van der Waals surface area contributed by atoms with Gasteiger partial charge in [0.1, 0.15) is 16.0 Å². The van der Waals surface area contributed by atoms with Crippen LogP contribution in [0.1, 0.15) is 39.1 Å². The molecule has 3 unspecified atom stereocenters. The van der Waals surface area contributed by atoms with Gasteiger partial charge in [-0.05, 0) is 43.1 Å². The van der Waals surface area contributed by atoms with Crippen molar-refractivity contribution < 1.29 is 9.53 Å². The molecule has 3 atom stereocenters. The molecule has 1 aromatic heterocycles. The number of ether oxygens (including phenoxy) is 1. The smallest absolute Gasteiger partial charge is 0.411 e. The largest absolute Gasteiger partial charge is 0.444 e. The standard InChI is InChI=1S/C14H18BrN3O2/c1-14(2,3)20-13(19)18-9-5-4-8(9)6-10(18)12-16-7-11(15)17-12/h4-5,7-10H,6H2,1-3H3,(H,16,17). The lowest BCUT2D eigenvalue weighted by molar-refractivity contribution is 0.0157. The predicted octanol–water partition coefficient (Wildman–Crippen LogP) is 3.41. The summed E-state index contributed by atoms with van der Waals surface area (Å²) in [6, 6.07) is 0.0832. The third kappa shape index (κ3) is 2.37. The van der Waals surface area contributed by atoms with E-state index < -0.39 is 5.60 Å². The van der Waals surface area contributed by atoms with Crippen LogP contribution in [0.5, 0.6) is 0 Å². The maximum atomic E-state index is 12.5. The van der Waals surface area contributed by atoms with Crippen molar-refractivity contribution in [3.63, 3.8) is 0 Å². The summed E-state index contributed by atoms with van der Waals surface area (Å²) in [5.41, 5.74) is -0.489. The molecule has 2 heterocycles. The summed E-state index contributed by atoms with van der Waals surface area (Å²) in [4.78, 5) is 21.8. The topological polar surface area (TPSA) is 58.2 Å². The summed E-state index contributed by atoms with van der Waals surface area (Å²) in [6.07, 6.45) is 6.55. The molecule has 1 amide bonds. The monoisotopic (exact) mass is 339 g/mol. The van der Waals surface area contributed by atoms with Gasteiger partial charge >= 0.3 is 6.09 Å². The summed E-state index contributed by atoms with van der Waals surface area (Å²) in [5, 5.41) is 0. The highest BCUT2D eigenvalue weighted by atomic mass is 79.9. The molecule has 1 fully saturated rings. The fourth-order valence-corrected chi connectivity index (χ4v) is 3.06. The molecule has 1 aromatic rings. The van der Waals surface area contributed by atoms with Crippen molar-refractivity contribution >= 4 is 22.0 Å². The second-order valence-electron chi connectivity index (χ2n) is 6.29. The fourth-order valence-electron chi connectivity index (χ4n) is 2.75. The molecule has 0 spiro atoms. The first kappa shape index (κ1) is 13.7. The average molecular weight is 340 g/mol. The van der Waals surface area contributed by atoms with Gasteiger partial charge in [0.2, 0.25) is 0 Å². The third-order valence-corrected chi connectivity index (χ3v) is 4.03. The zero-order chi connectivity index (χ0) is 14.5. The number of amides is 1. The number of imidazole rings is 1. The zero-order valence-electron chi connectivity index (χ0n) is 11.8. The fraction of sp³-hybridized carbons (Fsp3) is 0.571. The Kier molecular flexibility index (Phi) is 3.16. The summed E-state index contributed by atoms with van der Waals surface area (Å²) < 4.78 is 6.36. The molecule has 1 aliphatic carbocycles. The van der Waals surface area contributed by atoms with Crippen LogP contribution in [-0.2, 0) is 4.74 Å². The van der Waals surface area contributed by atoms with Crippen LogP contribution in [-0.4, -0.2) is 32.6 Å². The van der Waals surface area contributed by atoms with E-state index in [0.29, 0.717) is 5.92 Å². The Bertz CT molecular complexity index is 561. The van der Waals surface area contributed by atoms with Crippen LogP contribution < -0.4 is 0 Å². The number of halogens is 1. The second kappa shape index (κ2) is 4.62. The number of aromatic amines is 1. The van der Waals surface area contributed by atoms with Crippen molar-refractivity contribution in [2.24, 2.45) is 5.92 Å². The van der Waals surface area contributed by atoms with Crippen LogP contribution in [0.15, 0.2) is 23.0 Å². The van der Waals surface area contributed by atoms with E-state index in [9.17, 15) is 4.79 Å². The predicted molar refractivity (Wildman–Crippen MR) is 78.1 cm³/mol. The van der Waals surface area contributed by atoms with E-state index in [4.69, 9.17) is 4.74 Å². The number of aromatic nitrogens is 2. The summed E-state index contributed by atoms with van der Waals surface area (Å²) in [6.45, 7) is 5.65. The maximum Gasteiger partial charge on any atom is 0.411 e. The minimum atomic E-state index is -0.489. The zero-order valence-corrected chi connectivity index (χ0v) is 13.3. The van der Waals surface area contributed by atoms with Crippen molar-refractivity contribution in [3.8, 4) is 0 Å². The number of nitrogens with one attached hydrogen (secondary N) is 1. The highest BCUT2D eigenvalue weighted by molar-refractivity contribution is 9.10. The Labute approximate surface area is 126 Å². The van der Waals surface area contributed by atoms with Crippen molar-refractivity contribution in [1.82, 2.24) is 14.9 Å². The third-order valence-electron chi connectivity index (χ3n) is 3.63. The molecule has 1 aliphatic heterocycles. The van der Waals surface area contributed by atoms with Gasteiger partial charge in [0, 0.05) is 5.92 Å². The number of likely N-dealkylation sites (tertiary alicyclic amines) is 1. The molecular weight excluding hydrogens is 322 g/mol. The molecule has 0 aromatic carbocycles. The Morgan fingerprint density at radius 2 is 2.25 bits per heavy atom. The van der Waals surface area contributed by atoms with Gasteiger partial charge < -0.3 is 9.72 Å². The number of rotatable bonds is 1. The summed E-state index contributed by atoms with van der Waals surface area (Å²) in [7, 11) is 0. The van der Waals surface area contributed by atoms with Gasteiger partial charge in [-0.15, -0.1) is 0 Å². The molecule has 0 radical (unpaired) electrons. The van der Waals surface area contributed by atoms with Gasteiger partial charge in [0.25, 0.3) is 0 Å². The van der Waals surface area contributed by atoms with Crippen molar-refractivity contribution in [2.45, 2.75) is 44.9 Å². The summed E-state index contributed by atoms with van der Waals surface area (Å²) >= 11 is 3.36. The molecule has 1 N–H and O–H groups in total. The SMILES string of the molecule is CC(C)(C)OC(=O)N1C(c2ncc(Br)[nH]2)CC2C=CC21. The average Bonchev–Trinajstić information content (AvgIpc) is 2.79. The first-order valence-corrected chi connectivity index (χ1v) is 7.54. The quantitative estimate of drug-likeness (QED) is 0.797. The van der Waals surface area contributed by atoms with Gasteiger partial charge in [-0.25, -0.2) is 9.78 Å². The minimum absolute atomic E-state index is 0.0545. The van der Waals surface area contributed by atoms with Crippen molar-refractivity contribution in [2.75, 3.05) is 0 Å². The van der Waals surface area contributed by atoms with Crippen LogP contribution in [0.2, 0.25) is 0 Å². The molecule has 108 valence electrons. The highest BCUT2D eigenvalue weighted by Crippen LogP contribution is 2.45. The normalized spacial score (nSPS) is 28.2. The molecule has 0 saturated carbocycles. The molecule has 5 nitrogen and oxygen atoms in total. The van der Waals surface area contributed by atoms with Crippen LogP contribution in [0.3, 0.4) is 0 Å². The van der Waals surface area contributed by atoms with Crippen LogP contribution >= 0.6 is 15.9 Å². The summed E-state index contributed by atoms with van der Waals surface area (Å²) in [5.74, 6) is 1.22. The molecule has 3 rings (SSSR count). The van der Waals surface area contributed by atoms with Gasteiger partial charge in [0.15, 0.2) is 0 Å². The van der Waals surface area contributed by atoms with Gasteiger partial charge in [-0.1, -0.05) is 12.2 Å². The van der Waals surface area contributed by atoms with Gasteiger partial charge in [0.05, 0.1) is 18.3 Å². The Morgan fingerprint density at radius 3 is 2.75 bits per heavy atom. The van der Waals surface area contributed by atoms with E-state index >= 15 is 0 Å². The Hall–Kier alpha value is -1.30. The molecule has 0 bridgehead atoms. The molecule has 6 heteroatoms. The van der Waals surface area contributed by atoms with Crippen LogP contribution in [0, 0.1) is 5.92 Å².